The molecular weight excluding hydrogens is 258 g/mol. The van der Waals surface area contributed by atoms with Gasteiger partial charge >= 0.3 is 5.97 Å². The van der Waals surface area contributed by atoms with Gasteiger partial charge in [-0.15, -0.1) is 0 Å². The number of carboxylic acid groups (broad SMARTS) is 1. The first-order valence-corrected chi connectivity index (χ1v) is 6.70. The molecule has 1 fully saturated rings. The van der Waals surface area contributed by atoms with Crippen LogP contribution in [-0.2, 0) is 20.7 Å². The van der Waals surface area contributed by atoms with Crippen LogP contribution in [0.15, 0.2) is 30.3 Å². The van der Waals surface area contributed by atoms with Crippen LogP contribution < -0.4 is 0 Å². The van der Waals surface area contributed by atoms with E-state index in [1.807, 2.05) is 30.3 Å². The Hall–Kier alpha value is -1.88. The Labute approximate surface area is 118 Å². The second-order valence-electron chi connectivity index (χ2n) is 5.05. The molecule has 2 atom stereocenters. The number of amides is 1. The Kier molecular flexibility index (Phi) is 4.74. The summed E-state index contributed by atoms with van der Waals surface area (Å²) < 4.78 is 5.19. The molecule has 1 aliphatic heterocycles. The fourth-order valence-corrected chi connectivity index (χ4v) is 2.40. The summed E-state index contributed by atoms with van der Waals surface area (Å²) in [6.07, 6.45) is 0.979. The summed E-state index contributed by atoms with van der Waals surface area (Å²) in [5, 5.41) is 9.37. The van der Waals surface area contributed by atoms with Crippen molar-refractivity contribution in [1.29, 1.82) is 0 Å². The van der Waals surface area contributed by atoms with Crippen LogP contribution in [0.1, 0.15) is 12.0 Å². The number of carbonyl (C=O) groups is 2. The number of carboxylic acids is 1. The second-order valence-corrected chi connectivity index (χ2v) is 5.05. The molecule has 1 saturated heterocycles. The lowest BCUT2D eigenvalue weighted by molar-refractivity contribution is -0.150. The zero-order valence-corrected chi connectivity index (χ0v) is 11.5. The molecule has 0 unspecified atom stereocenters. The maximum atomic E-state index is 12.3. The van der Waals surface area contributed by atoms with E-state index in [1.54, 1.807) is 7.05 Å². The van der Waals surface area contributed by atoms with Crippen molar-refractivity contribution in [1.82, 2.24) is 4.90 Å². The fourth-order valence-electron chi connectivity index (χ4n) is 2.40. The smallest absolute Gasteiger partial charge is 0.326 e. The van der Waals surface area contributed by atoms with Gasteiger partial charge in [-0.25, -0.2) is 4.79 Å². The lowest BCUT2D eigenvalue weighted by Crippen LogP contribution is -2.46. The lowest BCUT2D eigenvalue weighted by atomic mass is 10.0. The Morgan fingerprint density at radius 1 is 1.40 bits per heavy atom. The minimum absolute atomic E-state index is 0.147. The number of benzene rings is 1. The van der Waals surface area contributed by atoms with Crippen LogP contribution in [-0.4, -0.2) is 48.2 Å². The molecule has 1 amide bonds. The highest BCUT2D eigenvalue weighted by atomic mass is 16.5. The molecule has 0 bridgehead atoms. The standard InChI is InChI=1S/C15H19NO4/c1-16(14(17)12-7-8-20-10-12)13(15(18)19)9-11-5-3-2-4-6-11/h2-6,12-13H,7-10H2,1H3,(H,18,19)/t12-,13+/m0/s1. The van der Waals surface area contributed by atoms with Gasteiger partial charge in [0.15, 0.2) is 0 Å². The number of carbonyl (C=O) groups excluding carboxylic acids is 1. The summed E-state index contributed by atoms with van der Waals surface area (Å²) in [6, 6.07) is 8.50. The van der Waals surface area contributed by atoms with Crippen molar-refractivity contribution in [3.8, 4) is 0 Å². The van der Waals surface area contributed by atoms with E-state index in [0.29, 0.717) is 26.1 Å². The molecule has 0 spiro atoms. The van der Waals surface area contributed by atoms with Gasteiger partial charge < -0.3 is 14.7 Å². The van der Waals surface area contributed by atoms with E-state index in [1.165, 1.54) is 4.90 Å². The van der Waals surface area contributed by atoms with Crippen molar-refractivity contribution in [3.63, 3.8) is 0 Å². The van der Waals surface area contributed by atoms with Crippen LogP contribution in [0.2, 0.25) is 0 Å². The first-order chi connectivity index (χ1) is 9.59. The zero-order valence-electron chi connectivity index (χ0n) is 11.5. The predicted octanol–water partition coefficient (Wildman–Crippen LogP) is 1.18. The average Bonchev–Trinajstić information content (AvgIpc) is 2.98. The van der Waals surface area contributed by atoms with Crippen molar-refractivity contribution in [2.24, 2.45) is 5.92 Å². The van der Waals surface area contributed by atoms with Crippen LogP contribution in [0.25, 0.3) is 0 Å². The molecule has 0 saturated carbocycles. The van der Waals surface area contributed by atoms with E-state index in [-0.39, 0.29) is 11.8 Å². The van der Waals surface area contributed by atoms with Crippen LogP contribution in [0.4, 0.5) is 0 Å². The molecule has 1 aromatic carbocycles. The first kappa shape index (κ1) is 14.5. The molecule has 1 heterocycles. The Morgan fingerprint density at radius 2 is 2.10 bits per heavy atom. The number of hydrogen-bond acceptors (Lipinski definition) is 3. The molecule has 1 aliphatic rings. The normalized spacial score (nSPS) is 19.6. The number of nitrogens with zero attached hydrogens (tertiary/aromatic N) is 1. The molecule has 0 radical (unpaired) electrons. The van der Waals surface area contributed by atoms with Gasteiger partial charge in [0.25, 0.3) is 0 Å². The number of rotatable bonds is 5. The van der Waals surface area contributed by atoms with Gasteiger partial charge in [0, 0.05) is 20.1 Å². The highest BCUT2D eigenvalue weighted by Crippen LogP contribution is 2.18. The van der Waals surface area contributed by atoms with Gasteiger partial charge in [0.1, 0.15) is 6.04 Å². The molecule has 20 heavy (non-hydrogen) atoms. The van der Waals surface area contributed by atoms with E-state index < -0.39 is 12.0 Å². The molecule has 2 rings (SSSR count). The summed E-state index contributed by atoms with van der Waals surface area (Å²) in [4.78, 5) is 25.0. The number of aliphatic carboxylic acids is 1. The monoisotopic (exact) mass is 277 g/mol. The van der Waals surface area contributed by atoms with E-state index in [4.69, 9.17) is 4.74 Å². The highest BCUT2D eigenvalue weighted by molar-refractivity contribution is 5.85. The average molecular weight is 277 g/mol. The summed E-state index contributed by atoms with van der Waals surface area (Å²) >= 11 is 0. The van der Waals surface area contributed by atoms with Crippen molar-refractivity contribution < 1.29 is 19.4 Å². The maximum absolute atomic E-state index is 12.3. The lowest BCUT2D eigenvalue weighted by Gasteiger charge is -2.27. The zero-order chi connectivity index (χ0) is 14.5. The van der Waals surface area contributed by atoms with E-state index in [9.17, 15) is 14.7 Å². The number of likely N-dealkylation sites (N-methyl/N-ethyl adjacent to an activating group) is 1. The Morgan fingerprint density at radius 3 is 2.65 bits per heavy atom. The topological polar surface area (TPSA) is 66.8 Å². The molecule has 5 heteroatoms. The van der Waals surface area contributed by atoms with Gasteiger partial charge in [-0.05, 0) is 12.0 Å². The van der Waals surface area contributed by atoms with E-state index >= 15 is 0 Å². The first-order valence-electron chi connectivity index (χ1n) is 6.70. The molecule has 0 aliphatic carbocycles. The Balaban J connectivity index is 2.07. The maximum Gasteiger partial charge on any atom is 0.326 e. The van der Waals surface area contributed by atoms with Gasteiger partial charge in [-0.2, -0.15) is 0 Å². The van der Waals surface area contributed by atoms with Gasteiger partial charge in [-0.3, -0.25) is 4.79 Å². The molecule has 1 aromatic rings. The molecular formula is C15H19NO4. The highest BCUT2D eigenvalue weighted by Gasteiger charge is 2.32. The minimum Gasteiger partial charge on any atom is -0.480 e. The number of ether oxygens (including phenoxy) is 1. The molecule has 1 N–H and O–H groups in total. The third kappa shape index (κ3) is 3.36. The summed E-state index contributed by atoms with van der Waals surface area (Å²) in [5.74, 6) is -1.34. The van der Waals surface area contributed by atoms with Crippen LogP contribution in [0.5, 0.6) is 0 Å². The second kappa shape index (κ2) is 6.52. The molecule has 0 aromatic heterocycles. The molecule has 108 valence electrons. The largest absolute Gasteiger partial charge is 0.480 e. The summed E-state index contributed by atoms with van der Waals surface area (Å²) in [6.45, 7) is 0.960. The number of hydrogen-bond donors (Lipinski definition) is 1. The van der Waals surface area contributed by atoms with E-state index in [2.05, 4.69) is 0 Å². The van der Waals surface area contributed by atoms with E-state index in [0.717, 1.165) is 5.56 Å². The SMILES string of the molecule is CN(C(=O)[C@H]1CCOC1)[C@H](Cc1ccccc1)C(=O)O. The van der Waals surface area contributed by atoms with Gasteiger partial charge in [0.2, 0.25) is 5.91 Å². The van der Waals surface area contributed by atoms with Gasteiger partial charge in [0.05, 0.1) is 12.5 Å². The van der Waals surface area contributed by atoms with Crippen LogP contribution in [0.3, 0.4) is 0 Å². The Bertz CT molecular complexity index is 468. The van der Waals surface area contributed by atoms with Crippen LogP contribution >= 0.6 is 0 Å². The third-order valence-electron chi connectivity index (χ3n) is 3.65. The van der Waals surface area contributed by atoms with Gasteiger partial charge in [-0.1, -0.05) is 30.3 Å². The summed E-state index contributed by atoms with van der Waals surface area (Å²) in [5.41, 5.74) is 0.905. The molecule has 5 nitrogen and oxygen atoms in total. The van der Waals surface area contributed by atoms with Crippen LogP contribution in [0, 0.1) is 5.92 Å². The third-order valence-corrected chi connectivity index (χ3v) is 3.65. The summed E-state index contributed by atoms with van der Waals surface area (Å²) in [7, 11) is 1.56. The quantitative estimate of drug-likeness (QED) is 0.877. The van der Waals surface area contributed by atoms with Crippen molar-refractivity contribution in [3.05, 3.63) is 35.9 Å². The van der Waals surface area contributed by atoms with Crippen molar-refractivity contribution >= 4 is 11.9 Å². The fraction of sp³-hybridized carbons (Fsp3) is 0.467. The van der Waals surface area contributed by atoms with Crippen molar-refractivity contribution in [2.45, 2.75) is 18.9 Å². The predicted molar refractivity (Wildman–Crippen MR) is 73.3 cm³/mol. The van der Waals surface area contributed by atoms with Crippen molar-refractivity contribution in [2.75, 3.05) is 20.3 Å². The minimum atomic E-state index is -0.983.